The molecule has 2 saturated heterocycles. The molecule has 2 aliphatic heterocycles. The highest BCUT2D eigenvalue weighted by Crippen LogP contribution is 2.17. The molecule has 0 aromatic heterocycles. The molecule has 94 valence electrons. The molecule has 0 spiro atoms. The molecule has 2 atom stereocenters. The van der Waals surface area contributed by atoms with Crippen molar-refractivity contribution in [1.82, 2.24) is 10.2 Å². The summed E-state index contributed by atoms with van der Waals surface area (Å²) in [5, 5.41) is 3.64. The van der Waals surface area contributed by atoms with E-state index in [9.17, 15) is 0 Å². The fourth-order valence-electron chi connectivity index (χ4n) is 2.33. The molecule has 2 heterocycles. The number of rotatable bonds is 4. The smallest absolute Gasteiger partial charge is 0.0826 e. The van der Waals surface area contributed by atoms with Gasteiger partial charge in [0.2, 0.25) is 0 Å². The average Bonchev–Trinajstić information content (AvgIpc) is 2.79. The van der Waals surface area contributed by atoms with Crippen LogP contribution in [0, 0.1) is 0 Å². The molecule has 0 aromatic carbocycles. The Morgan fingerprint density at radius 2 is 2.38 bits per heavy atom. The van der Waals surface area contributed by atoms with E-state index in [2.05, 4.69) is 35.8 Å². The maximum atomic E-state index is 5.81. The quantitative estimate of drug-likeness (QED) is 0.803. The van der Waals surface area contributed by atoms with Crippen molar-refractivity contribution in [2.24, 2.45) is 0 Å². The van der Waals surface area contributed by atoms with Crippen LogP contribution in [0.3, 0.4) is 0 Å². The molecule has 2 unspecified atom stereocenters. The first-order valence-corrected chi connectivity index (χ1v) is 7.58. The first kappa shape index (κ1) is 12.7. The van der Waals surface area contributed by atoms with Crippen molar-refractivity contribution < 1.29 is 4.74 Å². The first-order chi connectivity index (χ1) is 7.75. The van der Waals surface area contributed by atoms with E-state index in [-0.39, 0.29) is 0 Å². The van der Waals surface area contributed by atoms with Gasteiger partial charge in [-0.1, -0.05) is 0 Å². The Kier molecular flexibility index (Phi) is 4.95. The van der Waals surface area contributed by atoms with Crippen LogP contribution in [0.4, 0.5) is 0 Å². The standard InChI is InChI=1S/C12H24N2OS/c1-10(2)14-4-5-15-12(8-14)7-13-11-3-6-16-9-11/h10-13H,3-9H2,1-2H3. The maximum Gasteiger partial charge on any atom is 0.0826 e. The predicted molar refractivity (Wildman–Crippen MR) is 70.2 cm³/mol. The molecule has 2 rings (SSSR count). The van der Waals surface area contributed by atoms with E-state index >= 15 is 0 Å². The Bertz CT molecular complexity index is 207. The molecule has 0 bridgehead atoms. The summed E-state index contributed by atoms with van der Waals surface area (Å²) in [4.78, 5) is 2.51. The van der Waals surface area contributed by atoms with Gasteiger partial charge in [0.1, 0.15) is 0 Å². The number of morpholine rings is 1. The van der Waals surface area contributed by atoms with Crippen LogP contribution in [0.5, 0.6) is 0 Å². The van der Waals surface area contributed by atoms with Gasteiger partial charge in [-0.25, -0.2) is 0 Å². The number of thioether (sulfide) groups is 1. The molecule has 1 N–H and O–H groups in total. The third-order valence-corrected chi connectivity index (χ3v) is 4.63. The Labute approximate surface area is 103 Å². The lowest BCUT2D eigenvalue weighted by molar-refractivity contribution is -0.0378. The number of hydrogen-bond donors (Lipinski definition) is 1. The minimum atomic E-state index is 0.391. The van der Waals surface area contributed by atoms with Crippen LogP contribution in [0.1, 0.15) is 20.3 Å². The van der Waals surface area contributed by atoms with Gasteiger partial charge < -0.3 is 10.1 Å². The van der Waals surface area contributed by atoms with Gasteiger partial charge in [-0.3, -0.25) is 4.90 Å². The lowest BCUT2D eigenvalue weighted by Crippen LogP contribution is -2.50. The van der Waals surface area contributed by atoms with E-state index in [1.165, 1.54) is 17.9 Å². The molecule has 0 aromatic rings. The van der Waals surface area contributed by atoms with Crippen molar-refractivity contribution in [2.45, 2.75) is 38.5 Å². The largest absolute Gasteiger partial charge is 0.374 e. The van der Waals surface area contributed by atoms with Gasteiger partial charge in [-0.2, -0.15) is 11.8 Å². The zero-order chi connectivity index (χ0) is 11.4. The minimum Gasteiger partial charge on any atom is -0.374 e. The van der Waals surface area contributed by atoms with Gasteiger partial charge >= 0.3 is 0 Å². The van der Waals surface area contributed by atoms with Crippen LogP contribution >= 0.6 is 11.8 Å². The molecule has 0 saturated carbocycles. The van der Waals surface area contributed by atoms with Gasteiger partial charge in [0.05, 0.1) is 12.7 Å². The molecule has 0 aliphatic carbocycles. The average molecular weight is 244 g/mol. The highest BCUT2D eigenvalue weighted by atomic mass is 32.2. The Hall–Kier alpha value is 0.230. The van der Waals surface area contributed by atoms with Gasteiger partial charge in [0.25, 0.3) is 0 Å². The highest BCUT2D eigenvalue weighted by molar-refractivity contribution is 7.99. The number of nitrogens with zero attached hydrogens (tertiary/aromatic N) is 1. The predicted octanol–water partition coefficient (Wildman–Crippen LogP) is 1.19. The normalized spacial score (nSPS) is 32.4. The molecule has 16 heavy (non-hydrogen) atoms. The molecular weight excluding hydrogens is 220 g/mol. The maximum absolute atomic E-state index is 5.81. The van der Waals surface area contributed by atoms with Crippen LogP contribution in [-0.4, -0.2) is 60.8 Å². The number of hydrogen-bond acceptors (Lipinski definition) is 4. The topological polar surface area (TPSA) is 24.5 Å². The van der Waals surface area contributed by atoms with Crippen LogP contribution in [0.25, 0.3) is 0 Å². The van der Waals surface area contributed by atoms with Gasteiger partial charge in [-0.05, 0) is 26.0 Å². The van der Waals surface area contributed by atoms with Crippen LogP contribution in [0.2, 0.25) is 0 Å². The van der Waals surface area contributed by atoms with Gasteiger partial charge in [-0.15, -0.1) is 0 Å². The highest BCUT2D eigenvalue weighted by Gasteiger charge is 2.23. The Morgan fingerprint density at radius 1 is 1.50 bits per heavy atom. The molecule has 0 radical (unpaired) electrons. The third-order valence-electron chi connectivity index (χ3n) is 3.46. The first-order valence-electron chi connectivity index (χ1n) is 6.42. The van der Waals surface area contributed by atoms with Crippen molar-refractivity contribution in [3.8, 4) is 0 Å². The monoisotopic (exact) mass is 244 g/mol. The van der Waals surface area contributed by atoms with Crippen LogP contribution in [-0.2, 0) is 4.74 Å². The van der Waals surface area contributed by atoms with Gasteiger partial charge in [0.15, 0.2) is 0 Å². The summed E-state index contributed by atoms with van der Waals surface area (Å²) in [6.45, 7) is 8.63. The summed E-state index contributed by atoms with van der Waals surface area (Å²) < 4.78 is 5.81. The summed E-state index contributed by atoms with van der Waals surface area (Å²) in [5.41, 5.74) is 0. The summed E-state index contributed by atoms with van der Waals surface area (Å²) >= 11 is 2.06. The van der Waals surface area contributed by atoms with Crippen molar-refractivity contribution in [3.63, 3.8) is 0 Å². The van der Waals surface area contributed by atoms with Crippen LogP contribution < -0.4 is 5.32 Å². The van der Waals surface area contributed by atoms with E-state index in [1.807, 2.05) is 0 Å². The third kappa shape index (κ3) is 3.62. The Balaban J connectivity index is 1.68. The fraction of sp³-hybridized carbons (Fsp3) is 1.00. The lowest BCUT2D eigenvalue weighted by atomic mass is 10.2. The summed E-state index contributed by atoms with van der Waals surface area (Å²) in [7, 11) is 0. The second-order valence-electron chi connectivity index (χ2n) is 5.05. The molecule has 0 amide bonds. The van der Waals surface area contributed by atoms with E-state index < -0.39 is 0 Å². The van der Waals surface area contributed by atoms with Crippen LogP contribution in [0.15, 0.2) is 0 Å². The molecule has 3 nitrogen and oxygen atoms in total. The van der Waals surface area contributed by atoms with E-state index in [0.717, 1.165) is 32.3 Å². The molecule has 2 aliphatic rings. The fourth-order valence-corrected chi connectivity index (χ4v) is 3.52. The van der Waals surface area contributed by atoms with E-state index in [0.29, 0.717) is 12.1 Å². The van der Waals surface area contributed by atoms with E-state index in [1.54, 1.807) is 0 Å². The SMILES string of the molecule is CC(C)N1CCOC(CNC2CCSC2)C1. The second-order valence-corrected chi connectivity index (χ2v) is 6.20. The van der Waals surface area contributed by atoms with Crippen molar-refractivity contribution in [1.29, 1.82) is 0 Å². The molecule has 2 fully saturated rings. The lowest BCUT2D eigenvalue weighted by Gasteiger charge is -2.36. The second kappa shape index (κ2) is 6.24. The van der Waals surface area contributed by atoms with E-state index in [4.69, 9.17) is 4.74 Å². The number of nitrogens with one attached hydrogen (secondary N) is 1. The summed E-state index contributed by atoms with van der Waals surface area (Å²) in [6.07, 6.45) is 1.72. The summed E-state index contributed by atoms with van der Waals surface area (Å²) in [6, 6.07) is 1.37. The van der Waals surface area contributed by atoms with Crippen molar-refractivity contribution in [3.05, 3.63) is 0 Å². The number of ether oxygens (including phenoxy) is 1. The van der Waals surface area contributed by atoms with Gasteiger partial charge in [0, 0.05) is 37.5 Å². The molecular formula is C12H24N2OS. The minimum absolute atomic E-state index is 0.391. The molecule has 4 heteroatoms. The zero-order valence-electron chi connectivity index (χ0n) is 10.4. The summed E-state index contributed by atoms with van der Waals surface area (Å²) in [5.74, 6) is 2.60. The zero-order valence-corrected chi connectivity index (χ0v) is 11.3. The Morgan fingerprint density at radius 3 is 3.06 bits per heavy atom. The van der Waals surface area contributed by atoms with Crippen molar-refractivity contribution in [2.75, 3.05) is 37.7 Å². The van der Waals surface area contributed by atoms with Crippen molar-refractivity contribution >= 4 is 11.8 Å².